The molecule has 0 aliphatic heterocycles. The predicted octanol–water partition coefficient (Wildman–Crippen LogP) is 3.08. The van der Waals surface area contributed by atoms with E-state index < -0.39 is 0 Å². The van der Waals surface area contributed by atoms with Gasteiger partial charge < -0.3 is 10.5 Å². The van der Waals surface area contributed by atoms with E-state index >= 15 is 0 Å². The van der Waals surface area contributed by atoms with E-state index in [-0.39, 0.29) is 12.4 Å². The molecule has 0 aliphatic carbocycles. The van der Waals surface area contributed by atoms with Crippen LogP contribution in [0.5, 0.6) is 5.75 Å². The molecule has 0 fully saturated rings. The molecule has 0 atom stereocenters. The average Bonchev–Trinajstić information content (AvgIpc) is 2.45. The van der Waals surface area contributed by atoms with Crippen LogP contribution in [0.25, 0.3) is 0 Å². The number of hydrogen-bond acceptors (Lipinski definition) is 5. The first kappa shape index (κ1) is 15.0. The van der Waals surface area contributed by atoms with Gasteiger partial charge in [-0.3, -0.25) is 4.79 Å². The third-order valence-electron chi connectivity index (χ3n) is 2.78. The molecule has 0 bridgehead atoms. The second-order valence-electron chi connectivity index (χ2n) is 4.38. The Morgan fingerprint density at radius 3 is 2.90 bits per heavy atom. The Labute approximate surface area is 130 Å². The van der Waals surface area contributed by atoms with E-state index in [1.165, 1.54) is 13.1 Å². The predicted molar refractivity (Wildman–Crippen MR) is 81.8 cm³/mol. The van der Waals surface area contributed by atoms with Crippen molar-refractivity contribution >= 4 is 27.4 Å². The molecular weight excluding hydrogens is 334 g/mol. The van der Waals surface area contributed by atoms with Gasteiger partial charge in [-0.25, -0.2) is 4.98 Å². The van der Waals surface area contributed by atoms with E-state index in [4.69, 9.17) is 15.7 Å². The lowest BCUT2D eigenvalue weighted by molar-refractivity contribution is 0.101. The van der Waals surface area contributed by atoms with Crippen LogP contribution in [0.1, 0.15) is 28.5 Å². The van der Waals surface area contributed by atoms with Gasteiger partial charge in [-0.05, 0) is 36.8 Å². The zero-order valence-electron chi connectivity index (χ0n) is 11.3. The zero-order valence-corrected chi connectivity index (χ0v) is 12.8. The van der Waals surface area contributed by atoms with Gasteiger partial charge in [0.1, 0.15) is 18.4 Å². The number of nitrogens with zero attached hydrogens (tertiary/aromatic N) is 2. The molecule has 0 radical (unpaired) electrons. The van der Waals surface area contributed by atoms with Crippen molar-refractivity contribution in [2.45, 2.75) is 13.5 Å². The van der Waals surface area contributed by atoms with Crippen molar-refractivity contribution in [3.05, 3.63) is 51.8 Å². The van der Waals surface area contributed by atoms with Gasteiger partial charge in [-0.1, -0.05) is 15.9 Å². The summed E-state index contributed by atoms with van der Waals surface area (Å²) in [6.07, 6.45) is 1.54. The number of carbonyl (C=O) groups excluding carboxylic acids is 1. The average molecular weight is 346 g/mol. The summed E-state index contributed by atoms with van der Waals surface area (Å²) in [5.41, 5.74) is 7.79. The maximum atomic E-state index is 11.7. The molecule has 0 saturated carbocycles. The van der Waals surface area contributed by atoms with Crippen LogP contribution in [0.4, 0.5) is 5.69 Å². The lowest BCUT2D eigenvalue weighted by Crippen LogP contribution is -2.05. The van der Waals surface area contributed by atoms with E-state index in [1.54, 1.807) is 24.3 Å². The molecule has 0 saturated heterocycles. The fourth-order valence-corrected chi connectivity index (χ4v) is 2.29. The largest absolute Gasteiger partial charge is 0.486 e. The van der Waals surface area contributed by atoms with Crippen molar-refractivity contribution in [3.63, 3.8) is 0 Å². The number of aromatic nitrogens is 1. The number of Topliss-reactive ketones (excluding diaryl/α,β-unsaturated/α-hetero) is 1. The number of hydrogen-bond donors (Lipinski definition) is 1. The minimum Gasteiger partial charge on any atom is -0.486 e. The number of ketones is 1. The van der Waals surface area contributed by atoms with Crippen molar-refractivity contribution < 1.29 is 9.53 Å². The monoisotopic (exact) mass is 345 g/mol. The molecule has 2 aromatic rings. The van der Waals surface area contributed by atoms with Crippen LogP contribution in [-0.4, -0.2) is 10.8 Å². The van der Waals surface area contributed by atoms with E-state index in [0.29, 0.717) is 27.2 Å². The van der Waals surface area contributed by atoms with Crippen LogP contribution < -0.4 is 10.5 Å². The quantitative estimate of drug-likeness (QED) is 0.679. The van der Waals surface area contributed by atoms with Gasteiger partial charge in [0.25, 0.3) is 0 Å². The fraction of sp³-hybridized carbons (Fsp3) is 0.133. The van der Waals surface area contributed by atoms with E-state index in [1.807, 2.05) is 6.07 Å². The van der Waals surface area contributed by atoms with Gasteiger partial charge in [0, 0.05) is 10.7 Å². The minimum absolute atomic E-state index is 0.134. The number of halogens is 1. The molecule has 5 nitrogen and oxygen atoms in total. The normalized spacial score (nSPS) is 9.95. The van der Waals surface area contributed by atoms with Gasteiger partial charge in [-0.2, -0.15) is 5.26 Å². The molecule has 2 N–H and O–H groups in total. The molecular formula is C15H12BrN3O2. The number of pyridine rings is 1. The van der Waals surface area contributed by atoms with Gasteiger partial charge in [0.05, 0.1) is 11.3 Å². The summed E-state index contributed by atoms with van der Waals surface area (Å²) in [6, 6.07) is 8.67. The van der Waals surface area contributed by atoms with Crippen molar-refractivity contribution in [2.75, 3.05) is 5.73 Å². The summed E-state index contributed by atoms with van der Waals surface area (Å²) >= 11 is 3.30. The van der Waals surface area contributed by atoms with Crippen LogP contribution in [0.3, 0.4) is 0 Å². The van der Waals surface area contributed by atoms with Crippen LogP contribution >= 0.6 is 15.9 Å². The summed E-state index contributed by atoms with van der Waals surface area (Å²) in [4.78, 5) is 15.6. The number of nitrogen functional groups attached to an aromatic ring is 1. The van der Waals surface area contributed by atoms with Gasteiger partial charge in [-0.15, -0.1) is 0 Å². The SMILES string of the molecule is CC(=O)c1cc(Br)cc(N)c1OCc1ccnc(C#N)c1. The lowest BCUT2D eigenvalue weighted by Gasteiger charge is -2.13. The summed E-state index contributed by atoms with van der Waals surface area (Å²) < 4.78 is 6.38. The molecule has 1 aromatic carbocycles. The molecule has 1 heterocycles. The van der Waals surface area contributed by atoms with Crippen molar-refractivity contribution in [1.82, 2.24) is 4.98 Å². The van der Waals surface area contributed by atoms with E-state index in [9.17, 15) is 4.79 Å². The number of rotatable bonds is 4. The molecule has 0 spiro atoms. The van der Waals surface area contributed by atoms with E-state index in [0.717, 1.165) is 5.56 Å². The number of anilines is 1. The standard InChI is InChI=1S/C15H12BrN3O2/c1-9(20)13-5-11(16)6-14(18)15(13)21-8-10-2-3-19-12(4-10)7-17/h2-6H,8,18H2,1H3. The van der Waals surface area contributed by atoms with Gasteiger partial charge in [0.15, 0.2) is 11.5 Å². The second-order valence-corrected chi connectivity index (χ2v) is 5.29. The molecule has 0 aliphatic rings. The van der Waals surface area contributed by atoms with Crippen molar-refractivity contribution in [3.8, 4) is 11.8 Å². The van der Waals surface area contributed by atoms with Crippen LogP contribution in [0.15, 0.2) is 34.9 Å². The van der Waals surface area contributed by atoms with Gasteiger partial charge >= 0.3 is 0 Å². The van der Waals surface area contributed by atoms with Crippen LogP contribution in [0.2, 0.25) is 0 Å². The second kappa shape index (κ2) is 6.37. The highest BCUT2D eigenvalue weighted by Gasteiger charge is 2.14. The Balaban J connectivity index is 2.27. The summed E-state index contributed by atoms with van der Waals surface area (Å²) in [5, 5.41) is 8.82. The molecule has 1 aromatic heterocycles. The Morgan fingerprint density at radius 1 is 1.48 bits per heavy atom. The third kappa shape index (κ3) is 3.58. The number of carbonyl (C=O) groups is 1. The Kier molecular flexibility index (Phi) is 4.55. The summed E-state index contributed by atoms with van der Waals surface area (Å²) in [5.74, 6) is 0.214. The van der Waals surface area contributed by atoms with Crippen molar-refractivity contribution in [2.24, 2.45) is 0 Å². The number of ether oxygens (including phenoxy) is 1. The molecule has 6 heteroatoms. The smallest absolute Gasteiger partial charge is 0.163 e. The molecule has 2 rings (SSSR count). The highest BCUT2D eigenvalue weighted by atomic mass is 79.9. The highest BCUT2D eigenvalue weighted by Crippen LogP contribution is 2.31. The maximum absolute atomic E-state index is 11.7. The molecule has 0 amide bonds. The summed E-state index contributed by atoms with van der Waals surface area (Å²) in [7, 11) is 0. The number of nitrogens with two attached hydrogens (primary N) is 1. The number of benzene rings is 1. The Bertz CT molecular complexity index is 738. The summed E-state index contributed by atoms with van der Waals surface area (Å²) in [6.45, 7) is 1.65. The first-order valence-electron chi connectivity index (χ1n) is 6.09. The first-order valence-corrected chi connectivity index (χ1v) is 6.88. The van der Waals surface area contributed by atoms with E-state index in [2.05, 4.69) is 20.9 Å². The molecule has 0 unspecified atom stereocenters. The zero-order chi connectivity index (χ0) is 15.4. The molecule has 21 heavy (non-hydrogen) atoms. The topological polar surface area (TPSA) is 89.0 Å². The van der Waals surface area contributed by atoms with Crippen LogP contribution in [0, 0.1) is 11.3 Å². The maximum Gasteiger partial charge on any atom is 0.163 e. The Hall–Kier alpha value is -2.39. The number of nitriles is 1. The van der Waals surface area contributed by atoms with Crippen LogP contribution in [-0.2, 0) is 6.61 Å². The Morgan fingerprint density at radius 2 is 2.24 bits per heavy atom. The highest BCUT2D eigenvalue weighted by molar-refractivity contribution is 9.10. The third-order valence-corrected chi connectivity index (χ3v) is 3.24. The minimum atomic E-state index is -0.134. The van der Waals surface area contributed by atoms with Gasteiger partial charge in [0.2, 0.25) is 0 Å². The first-order chi connectivity index (χ1) is 10.0. The molecule has 106 valence electrons. The van der Waals surface area contributed by atoms with Crippen molar-refractivity contribution in [1.29, 1.82) is 5.26 Å². The fourth-order valence-electron chi connectivity index (χ4n) is 1.82. The lowest BCUT2D eigenvalue weighted by atomic mass is 10.1.